The van der Waals surface area contributed by atoms with E-state index in [0.717, 1.165) is 23.4 Å². The number of rotatable bonds is 5. The van der Waals surface area contributed by atoms with Gasteiger partial charge >= 0.3 is 0 Å². The van der Waals surface area contributed by atoms with Gasteiger partial charge in [0.15, 0.2) is 5.78 Å². The zero-order valence-electron chi connectivity index (χ0n) is 12.3. The predicted octanol–water partition coefficient (Wildman–Crippen LogP) is 2.85. The summed E-state index contributed by atoms with van der Waals surface area (Å²) in [6.45, 7) is 5.98. The SMILES string of the molecule is CCc1c(C)nn(CC(=O)c2cccc([N+](=O)[O-])c2)c1C. The second-order valence-electron chi connectivity index (χ2n) is 4.89. The van der Waals surface area contributed by atoms with Crippen LogP contribution in [0.5, 0.6) is 0 Å². The van der Waals surface area contributed by atoms with Crippen LogP contribution in [0.1, 0.15) is 34.2 Å². The summed E-state index contributed by atoms with van der Waals surface area (Å²) in [4.78, 5) is 22.5. The molecule has 110 valence electrons. The molecule has 2 aromatic rings. The maximum absolute atomic E-state index is 12.3. The fraction of sp³-hybridized carbons (Fsp3) is 0.333. The highest BCUT2D eigenvalue weighted by molar-refractivity contribution is 5.96. The number of nitro groups is 1. The van der Waals surface area contributed by atoms with Gasteiger partial charge in [-0.15, -0.1) is 0 Å². The highest BCUT2D eigenvalue weighted by Crippen LogP contribution is 2.16. The van der Waals surface area contributed by atoms with Crippen molar-refractivity contribution in [3.8, 4) is 0 Å². The lowest BCUT2D eigenvalue weighted by molar-refractivity contribution is -0.384. The molecule has 1 heterocycles. The maximum atomic E-state index is 12.3. The molecule has 1 aromatic heterocycles. The second-order valence-corrected chi connectivity index (χ2v) is 4.89. The van der Waals surface area contributed by atoms with Crippen molar-refractivity contribution in [3.05, 3.63) is 56.9 Å². The zero-order valence-corrected chi connectivity index (χ0v) is 12.3. The number of aryl methyl sites for hydroxylation is 1. The number of hydrogen-bond donors (Lipinski definition) is 0. The molecule has 0 amide bonds. The number of nitro benzene ring substituents is 1. The molecule has 0 aliphatic heterocycles. The molecule has 0 N–H and O–H groups in total. The Bertz CT molecular complexity index is 704. The summed E-state index contributed by atoms with van der Waals surface area (Å²) < 4.78 is 1.66. The van der Waals surface area contributed by atoms with E-state index in [1.807, 2.05) is 20.8 Å². The van der Waals surface area contributed by atoms with Gasteiger partial charge < -0.3 is 0 Å². The van der Waals surface area contributed by atoms with Crippen LogP contribution in [-0.4, -0.2) is 20.5 Å². The van der Waals surface area contributed by atoms with Crippen LogP contribution in [0.3, 0.4) is 0 Å². The first-order valence-corrected chi connectivity index (χ1v) is 6.74. The molecule has 21 heavy (non-hydrogen) atoms. The highest BCUT2D eigenvalue weighted by atomic mass is 16.6. The van der Waals surface area contributed by atoms with Gasteiger partial charge in [0.25, 0.3) is 5.69 Å². The van der Waals surface area contributed by atoms with E-state index in [4.69, 9.17) is 0 Å². The normalized spacial score (nSPS) is 10.6. The lowest BCUT2D eigenvalue weighted by atomic mass is 10.1. The minimum Gasteiger partial charge on any atom is -0.292 e. The molecule has 0 radical (unpaired) electrons. The molecule has 1 aromatic carbocycles. The third kappa shape index (κ3) is 2.99. The van der Waals surface area contributed by atoms with Crippen LogP contribution in [0.4, 0.5) is 5.69 Å². The summed E-state index contributed by atoms with van der Waals surface area (Å²) >= 11 is 0. The summed E-state index contributed by atoms with van der Waals surface area (Å²) in [6, 6.07) is 5.77. The van der Waals surface area contributed by atoms with Crippen LogP contribution in [0.15, 0.2) is 24.3 Å². The Morgan fingerprint density at radius 3 is 2.67 bits per heavy atom. The van der Waals surface area contributed by atoms with Crippen LogP contribution in [0, 0.1) is 24.0 Å². The number of hydrogen-bond acceptors (Lipinski definition) is 4. The number of carbonyl (C=O) groups is 1. The van der Waals surface area contributed by atoms with Gasteiger partial charge in [0.2, 0.25) is 0 Å². The monoisotopic (exact) mass is 287 g/mol. The van der Waals surface area contributed by atoms with E-state index in [1.165, 1.54) is 18.2 Å². The summed E-state index contributed by atoms with van der Waals surface area (Å²) in [5.41, 5.74) is 3.27. The maximum Gasteiger partial charge on any atom is 0.270 e. The molecule has 0 spiro atoms. The third-order valence-electron chi connectivity index (χ3n) is 3.56. The number of nitrogens with zero attached hydrogens (tertiary/aromatic N) is 3. The summed E-state index contributed by atoms with van der Waals surface area (Å²) in [7, 11) is 0. The molecular formula is C15H17N3O3. The van der Waals surface area contributed by atoms with Gasteiger partial charge in [0, 0.05) is 23.4 Å². The molecule has 0 unspecified atom stereocenters. The molecule has 6 nitrogen and oxygen atoms in total. The largest absolute Gasteiger partial charge is 0.292 e. The first-order chi connectivity index (χ1) is 9.93. The highest BCUT2D eigenvalue weighted by Gasteiger charge is 2.15. The molecule has 0 fully saturated rings. The lowest BCUT2D eigenvalue weighted by Crippen LogP contribution is -2.13. The lowest BCUT2D eigenvalue weighted by Gasteiger charge is -2.05. The van der Waals surface area contributed by atoms with E-state index in [0.29, 0.717) is 5.56 Å². The summed E-state index contributed by atoms with van der Waals surface area (Å²) in [5, 5.41) is 15.1. The number of non-ortho nitro benzene ring substituents is 1. The van der Waals surface area contributed by atoms with Gasteiger partial charge in [-0.2, -0.15) is 5.10 Å². The van der Waals surface area contributed by atoms with Crippen molar-refractivity contribution in [2.75, 3.05) is 0 Å². The first kappa shape index (κ1) is 14.9. The third-order valence-corrected chi connectivity index (χ3v) is 3.56. The van der Waals surface area contributed by atoms with Crippen LogP contribution in [-0.2, 0) is 13.0 Å². The average Bonchev–Trinajstić information content (AvgIpc) is 2.73. The van der Waals surface area contributed by atoms with Crippen molar-refractivity contribution < 1.29 is 9.72 Å². The van der Waals surface area contributed by atoms with Crippen molar-refractivity contribution >= 4 is 11.5 Å². The molecular weight excluding hydrogens is 270 g/mol. The van der Waals surface area contributed by atoms with E-state index < -0.39 is 4.92 Å². The van der Waals surface area contributed by atoms with Crippen molar-refractivity contribution in [3.63, 3.8) is 0 Å². The van der Waals surface area contributed by atoms with Gasteiger partial charge in [-0.3, -0.25) is 19.6 Å². The topological polar surface area (TPSA) is 78.0 Å². The van der Waals surface area contributed by atoms with Crippen molar-refractivity contribution in [1.82, 2.24) is 9.78 Å². The molecule has 0 bridgehead atoms. The Morgan fingerprint density at radius 2 is 2.10 bits per heavy atom. The Hall–Kier alpha value is -2.50. The number of carbonyl (C=O) groups excluding carboxylic acids is 1. The summed E-state index contributed by atoms with van der Waals surface area (Å²) in [5.74, 6) is -0.188. The van der Waals surface area contributed by atoms with Gasteiger partial charge in [-0.25, -0.2) is 0 Å². The quantitative estimate of drug-likeness (QED) is 0.481. The van der Waals surface area contributed by atoms with Crippen molar-refractivity contribution in [2.24, 2.45) is 0 Å². The number of aromatic nitrogens is 2. The number of ketones is 1. The molecule has 0 aliphatic carbocycles. The van der Waals surface area contributed by atoms with Gasteiger partial charge in [-0.05, 0) is 25.8 Å². The van der Waals surface area contributed by atoms with E-state index in [-0.39, 0.29) is 18.0 Å². The molecule has 0 aliphatic rings. The minimum atomic E-state index is -0.505. The number of Topliss-reactive ketones (excluding diaryl/α,β-unsaturated/α-hetero) is 1. The molecule has 2 rings (SSSR count). The Morgan fingerprint density at radius 1 is 1.38 bits per heavy atom. The Labute approximate surface area is 122 Å². The van der Waals surface area contributed by atoms with Crippen LogP contribution in [0.2, 0.25) is 0 Å². The van der Waals surface area contributed by atoms with Crippen LogP contribution >= 0.6 is 0 Å². The van der Waals surface area contributed by atoms with E-state index in [1.54, 1.807) is 10.7 Å². The second kappa shape index (κ2) is 5.87. The fourth-order valence-electron chi connectivity index (χ4n) is 2.42. The van der Waals surface area contributed by atoms with Gasteiger partial charge in [-0.1, -0.05) is 19.1 Å². The molecule has 6 heteroatoms. The van der Waals surface area contributed by atoms with Crippen molar-refractivity contribution in [1.29, 1.82) is 0 Å². The Kier molecular flexibility index (Phi) is 4.16. The van der Waals surface area contributed by atoms with E-state index in [2.05, 4.69) is 5.10 Å². The first-order valence-electron chi connectivity index (χ1n) is 6.74. The standard InChI is InChI=1S/C15H17N3O3/c1-4-14-10(2)16-17(11(14)3)9-15(19)12-6-5-7-13(8-12)18(20)21/h5-8H,4,9H2,1-3H3. The average molecular weight is 287 g/mol. The molecule has 0 saturated carbocycles. The van der Waals surface area contributed by atoms with E-state index >= 15 is 0 Å². The number of benzene rings is 1. The molecule has 0 saturated heterocycles. The van der Waals surface area contributed by atoms with Crippen molar-refractivity contribution in [2.45, 2.75) is 33.7 Å². The van der Waals surface area contributed by atoms with Gasteiger partial charge in [0.05, 0.1) is 10.6 Å². The summed E-state index contributed by atoms with van der Waals surface area (Å²) in [6.07, 6.45) is 0.864. The van der Waals surface area contributed by atoms with Crippen LogP contribution in [0.25, 0.3) is 0 Å². The zero-order chi connectivity index (χ0) is 15.6. The van der Waals surface area contributed by atoms with E-state index in [9.17, 15) is 14.9 Å². The fourth-order valence-corrected chi connectivity index (χ4v) is 2.42. The predicted molar refractivity (Wildman–Crippen MR) is 78.5 cm³/mol. The Balaban J connectivity index is 2.26. The van der Waals surface area contributed by atoms with Crippen LogP contribution < -0.4 is 0 Å². The minimum absolute atomic E-state index is 0.0801. The van der Waals surface area contributed by atoms with Gasteiger partial charge in [0.1, 0.15) is 6.54 Å². The molecule has 0 atom stereocenters. The smallest absolute Gasteiger partial charge is 0.270 e.